The lowest BCUT2D eigenvalue weighted by molar-refractivity contribution is -0.138. The molecule has 0 spiro atoms. The van der Waals surface area contributed by atoms with Crippen molar-refractivity contribution in [2.24, 2.45) is 0 Å². The summed E-state index contributed by atoms with van der Waals surface area (Å²) in [5.74, 6) is -0.424. The van der Waals surface area contributed by atoms with E-state index in [0.717, 1.165) is 16.5 Å². The molecular weight excluding hydrogens is 272 g/mol. The second-order valence-corrected chi connectivity index (χ2v) is 4.99. The van der Waals surface area contributed by atoms with Gasteiger partial charge < -0.3 is 20.2 Å². The number of furan rings is 1. The summed E-state index contributed by atoms with van der Waals surface area (Å²) < 4.78 is 5.76. The van der Waals surface area contributed by atoms with Gasteiger partial charge in [-0.05, 0) is 26.8 Å². The van der Waals surface area contributed by atoms with Crippen LogP contribution in [0.1, 0.15) is 31.2 Å². The van der Waals surface area contributed by atoms with Crippen LogP contribution in [0.15, 0.2) is 28.7 Å². The van der Waals surface area contributed by atoms with Crippen molar-refractivity contribution in [2.45, 2.75) is 32.9 Å². The van der Waals surface area contributed by atoms with Crippen molar-refractivity contribution in [3.8, 4) is 0 Å². The number of carboxylic acid groups (broad SMARTS) is 1. The van der Waals surface area contributed by atoms with Crippen LogP contribution in [0.3, 0.4) is 0 Å². The van der Waals surface area contributed by atoms with E-state index in [1.165, 1.54) is 6.92 Å². The van der Waals surface area contributed by atoms with E-state index < -0.39 is 18.0 Å². The monoisotopic (exact) mass is 290 g/mol. The van der Waals surface area contributed by atoms with E-state index in [1.54, 1.807) is 6.92 Å². The van der Waals surface area contributed by atoms with Crippen LogP contribution in [-0.2, 0) is 4.79 Å². The number of aryl methyl sites for hydroxylation is 1. The molecule has 2 rings (SSSR count). The fourth-order valence-corrected chi connectivity index (χ4v) is 2.17. The Morgan fingerprint density at radius 3 is 2.48 bits per heavy atom. The number of fused-ring (bicyclic) bond motifs is 1. The lowest BCUT2D eigenvalue weighted by Crippen LogP contribution is -2.45. The normalized spacial score (nSPS) is 13.7. The fourth-order valence-electron chi connectivity index (χ4n) is 2.17. The maximum Gasteiger partial charge on any atom is 0.325 e. The molecule has 6 heteroatoms. The molecular formula is C15H18N2O4. The molecule has 2 aromatic rings. The third-order valence-corrected chi connectivity index (χ3v) is 3.34. The summed E-state index contributed by atoms with van der Waals surface area (Å²) in [4.78, 5) is 22.4. The Morgan fingerprint density at radius 1 is 1.19 bits per heavy atom. The van der Waals surface area contributed by atoms with Crippen LogP contribution in [0.5, 0.6) is 0 Å². The van der Waals surface area contributed by atoms with Gasteiger partial charge >= 0.3 is 12.0 Å². The van der Waals surface area contributed by atoms with Crippen LogP contribution in [0.2, 0.25) is 0 Å². The summed E-state index contributed by atoms with van der Waals surface area (Å²) in [5.41, 5.74) is 1.72. The molecule has 6 nitrogen and oxygen atoms in total. The van der Waals surface area contributed by atoms with E-state index in [2.05, 4.69) is 10.6 Å². The van der Waals surface area contributed by atoms with Crippen molar-refractivity contribution in [3.05, 3.63) is 35.6 Å². The maximum absolute atomic E-state index is 11.7. The van der Waals surface area contributed by atoms with Crippen LogP contribution < -0.4 is 10.6 Å². The topological polar surface area (TPSA) is 91.6 Å². The molecule has 0 radical (unpaired) electrons. The van der Waals surface area contributed by atoms with E-state index in [4.69, 9.17) is 9.52 Å². The van der Waals surface area contributed by atoms with Crippen molar-refractivity contribution >= 4 is 23.0 Å². The van der Waals surface area contributed by atoms with E-state index in [-0.39, 0.29) is 6.04 Å². The van der Waals surface area contributed by atoms with Crippen molar-refractivity contribution in [1.29, 1.82) is 0 Å². The third-order valence-electron chi connectivity index (χ3n) is 3.34. The minimum absolute atomic E-state index is 0.363. The smallest absolute Gasteiger partial charge is 0.325 e. The van der Waals surface area contributed by atoms with Gasteiger partial charge in [0.2, 0.25) is 0 Å². The Balaban J connectivity index is 2.12. The van der Waals surface area contributed by atoms with Gasteiger partial charge in [0.05, 0.1) is 6.04 Å². The molecule has 1 aromatic heterocycles. The number of urea groups is 1. The minimum Gasteiger partial charge on any atom is -0.480 e. The van der Waals surface area contributed by atoms with Gasteiger partial charge in [-0.25, -0.2) is 4.79 Å². The molecule has 0 saturated heterocycles. The number of carbonyl (C=O) groups is 2. The highest BCUT2D eigenvalue weighted by molar-refractivity contribution is 5.84. The first kappa shape index (κ1) is 14.9. The summed E-state index contributed by atoms with van der Waals surface area (Å²) in [6, 6.07) is 5.77. The quantitative estimate of drug-likeness (QED) is 0.807. The Morgan fingerprint density at radius 2 is 1.86 bits per heavy atom. The Labute approximate surface area is 122 Å². The van der Waals surface area contributed by atoms with Gasteiger partial charge in [-0.2, -0.15) is 0 Å². The SMILES string of the molecule is Cc1c([C@@H](C)NC(=O)N[C@@H](C)C(=O)O)oc2ccccc12. The largest absolute Gasteiger partial charge is 0.480 e. The lowest BCUT2D eigenvalue weighted by atomic mass is 10.1. The lowest BCUT2D eigenvalue weighted by Gasteiger charge is -2.15. The zero-order chi connectivity index (χ0) is 15.6. The first-order valence-electron chi connectivity index (χ1n) is 6.68. The number of carbonyl (C=O) groups excluding carboxylic acids is 1. The number of aliphatic carboxylic acids is 1. The van der Waals surface area contributed by atoms with Crippen molar-refractivity contribution in [3.63, 3.8) is 0 Å². The van der Waals surface area contributed by atoms with Gasteiger partial charge in [0.15, 0.2) is 0 Å². The average molecular weight is 290 g/mol. The molecule has 3 N–H and O–H groups in total. The highest BCUT2D eigenvalue weighted by atomic mass is 16.4. The van der Waals surface area contributed by atoms with Gasteiger partial charge in [0.1, 0.15) is 17.4 Å². The van der Waals surface area contributed by atoms with Gasteiger partial charge in [0.25, 0.3) is 0 Å². The summed E-state index contributed by atoms with van der Waals surface area (Å²) in [6.07, 6.45) is 0. The molecule has 1 heterocycles. The van der Waals surface area contributed by atoms with Crippen LogP contribution >= 0.6 is 0 Å². The predicted octanol–water partition coefficient (Wildman–Crippen LogP) is 2.57. The van der Waals surface area contributed by atoms with E-state index >= 15 is 0 Å². The first-order valence-corrected chi connectivity index (χ1v) is 6.68. The second-order valence-electron chi connectivity index (χ2n) is 4.99. The fraction of sp³-hybridized carbons (Fsp3) is 0.333. The predicted molar refractivity (Wildman–Crippen MR) is 78.1 cm³/mol. The first-order chi connectivity index (χ1) is 9.90. The van der Waals surface area contributed by atoms with Crippen LogP contribution in [-0.4, -0.2) is 23.1 Å². The molecule has 2 amide bonds. The molecule has 0 fully saturated rings. The zero-order valence-electron chi connectivity index (χ0n) is 12.1. The Bertz CT molecular complexity index is 677. The number of benzene rings is 1. The molecule has 1 aromatic carbocycles. The molecule has 21 heavy (non-hydrogen) atoms. The minimum atomic E-state index is -1.09. The summed E-state index contributed by atoms with van der Waals surface area (Å²) in [5, 5.41) is 14.8. The second kappa shape index (κ2) is 5.87. The van der Waals surface area contributed by atoms with Crippen LogP contribution in [0.4, 0.5) is 4.79 Å². The molecule has 0 aliphatic rings. The molecule has 2 atom stereocenters. The van der Waals surface area contributed by atoms with Crippen molar-refractivity contribution < 1.29 is 19.1 Å². The van der Waals surface area contributed by atoms with Crippen molar-refractivity contribution in [1.82, 2.24) is 10.6 Å². The molecule has 0 unspecified atom stereocenters. The maximum atomic E-state index is 11.7. The highest BCUT2D eigenvalue weighted by Crippen LogP contribution is 2.28. The summed E-state index contributed by atoms with van der Waals surface area (Å²) in [6.45, 7) is 5.12. The van der Waals surface area contributed by atoms with Crippen LogP contribution in [0.25, 0.3) is 11.0 Å². The summed E-state index contributed by atoms with van der Waals surface area (Å²) in [7, 11) is 0. The number of hydrogen-bond acceptors (Lipinski definition) is 3. The molecule has 112 valence electrons. The van der Waals surface area contributed by atoms with E-state index in [9.17, 15) is 9.59 Å². The van der Waals surface area contributed by atoms with Crippen LogP contribution in [0, 0.1) is 6.92 Å². The van der Waals surface area contributed by atoms with Gasteiger partial charge in [-0.15, -0.1) is 0 Å². The molecule has 0 aliphatic heterocycles. The van der Waals surface area contributed by atoms with E-state index in [0.29, 0.717) is 5.76 Å². The standard InChI is InChI=1S/C15H18N2O4/c1-8-11-6-4-5-7-12(11)21-13(8)9(2)16-15(20)17-10(3)14(18)19/h4-7,9-10H,1-3H3,(H,18,19)(H2,16,17,20)/t9-,10+/m1/s1. The Kier molecular flexibility index (Phi) is 4.16. The average Bonchev–Trinajstić information content (AvgIpc) is 2.76. The Hall–Kier alpha value is -2.50. The number of amides is 2. The summed E-state index contributed by atoms with van der Waals surface area (Å²) >= 11 is 0. The number of carboxylic acids is 1. The number of para-hydroxylation sites is 1. The zero-order valence-corrected chi connectivity index (χ0v) is 12.1. The van der Waals surface area contributed by atoms with Gasteiger partial charge in [0, 0.05) is 10.9 Å². The van der Waals surface area contributed by atoms with Crippen molar-refractivity contribution in [2.75, 3.05) is 0 Å². The number of hydrogen-bond donors (Lipinski definition) is 3. The molecule has 0 saturated carbocycles. The number of rotatable bonds is 4. The molecule has 0 bridgehead atoms. The molecule has 0 aliphatic carbocycles. The van der Waals surface area contributed by atoms with E-state index in [1.807, 2.05) is 31.2 Å². The highest BCUT2D eigenvalue weighted by Gasteiger charge is 2.20. The number of nitrogens with one attached hydrogen (secondary N) is 2. The van der Waals surface area contributed by atoms with Gasteiger partial charge in [-0.1, -0.05) is 18.2 Å². The third kappa shape index (κ3) is 3.16. The van der Waals surface area contributed by atoms with Gasteiger partial charge in [-0.3, -0.25) is 4.79 Å².